The molecule has 1 unspecified atom stereocenters. The molecule has 0 saturated carbocycles. The number of hydrogen-bond acceptors (Lipinski definition) is 4. The number of esters is 1. The molecule has 0 saturated heterocycles. The summed E-state index contributed by atoms with van der Waals surface area (Å²) in [5, 5.41) is 0. The third-order valence-electron chi connectivity index (χ3n) is 2.36. The van der Waals surface area contributed by atoms with Gasteiger partial charge >= 0.3 is 5.97 Å². The first-order valence-corrected chi connectivity index (χ1v) is 6.42. The van der Waals surface area contributed by atoms with Gasteiger partial charge in [-0.05, 0) is 0 Å². The van der Waals surface area contributed by atoms with E-state index in [4.69, 9.17) is 0 Å². The lowest BCUT2D eigenvalue weighted by atomic mass is 10.2. The molecule has 0 bridgehead atoms. The largest absolute Gasteiger partial charge is 0.469 e. The maximum Gasteiger partial charge on any atom is 0.309 e. The number of carbonyl (C=O) groups is 1. The van der Waals surface area contributed by atoms with Gasteiger partial charge in [0, 0.05) is 37.4 Å². The first-order chi connectivity index (χ1) is 7.65. The molecule has 5 heteroatoms. The number of ether oxygens (including phenoxy) is 1. The van der Waals surface area contributed by atoms with Gasteiger partial charge < -0.3 is 9.30 Å². The van der Waals surface area contributed by atoms with Gasteiger partial charge in [-0.1, -0.05) is 6.92 Å². The average Bonchev–Trinajstić information content (AvgIpc) is 2.69. The van der Waals surface area contributed by atoms with Crippen molar-refractivity contribution in [2.75, 3.05) is 18.6 Å². The summed E-state index contributed by atoms with van der Waals surface area (Å²) in [4.78, 5) is 15.4. The minimum absolute atomic E-state index is 0.0311. The van der Waals surface area contributed by atoms with Crippen molar-refractivity contribution in [2.45, 2.75) is 13.3 Å². The number of aryl methyl sites for hydroxylation is 2. The topological polar surface area (TPSA) is 44.1 Å². The summed E-state index contributed by atoms with van der Waals surface area (Å²) in [7, 11) is 3.42. The molecule has 0 aliphatic carbocycles. The summed E-state index contributed by atoms with van der Waals surface area (Å²) in [5.41, 5.74) is 0. The Hall–Kier alpha value is -0.970. The second-order valence-corrected chi connectivity index (χ2v) is 4.85. The van der Waals surface area contributed by atoms with Crippen molar-refractivity contribution < 1.29 is 9.53 Å². The summed E-state index contributed by atoms with van der Waals surface area (Å²) in [5.74, 6) is 2.70. The van der Waals surface area contributed by atoms with Gasteiger partial charge in [-0.15, -0.1) is 0 Å². The smallest absolute Gasteiger partial charge is 0.309 e. The lowest BCUT2D eigenvalue weighted by molar-refractivity contribution is -0.143. The number of thioether (sulfide) groups is 1. The summed E-state index contributed by atoms with van der Waals surface area (Å²) in [6, 6.07) is 0. The van der Waals surface area contributed by atoms with Gasteiger partial charge in [-0.25, -0.2) is 4.98 Å². The van der Waals surface area contributed by atoms with E-state index >= 15 is 0 Å². The van der Waals surface area contributed by atoms with Crippen LogP contribution in [0.1, 0.15) is 12.7 Å². The maximum absolute atomic E-state index is 11.1. The molecule has 0 fully saturated rings. The Morgan fingerprint density at radius 3 is 3.00 bits per heavy atom. The second kappa shape index (κ2) is 6.58. The predicted octanol–water partition coefficient (Wildman–Crippen LogP) is 1.50. The van der Waals surface area contributed by atoms with Crippen LogP contribution in [0.3, 0.4) is 0 Å². The molecule has 90 valence electrons. The number of aromatic nitrogens is 2. The number of carbonyl (C=O) groups excluding carboxylic acids is 1. The first-order valence-electron chi connectivity index (χ1n) is 5.27. The zero-order chi connectivity index (χ0) is 12.0. The Kier molecular flexibility index (Phi) is 5.38. The summed E-state index contributed by atoms with van der Waals surface area (Å²) in [6.07, 6.45) is 4.68. The zero-order valence-corrected chi connectivity index (χ0v) is 10.8. The number of imidazole rings is 1. The predicted molar refractivity (Wildman–Crippen MR) is 65.4 cm³/mol. The van der Waals surface area contributed by atoms with Gasteiger partial charge in [0.25, 0.3) is 0 Å². The Balaban J connectivity index is 2.17. The lowest BCUT2D eigenvalue weighted by Crippen LogP contribution is -2.15. The van der Waals surface area contributed by atoms with Gasteiger partial charge in [-0.3, -0.25) is 4.79 Å². The van der Waals surface area contributed by atoms with E-state index < -0.39 is 0 Å². The van der Waals surface area contributed by atoms with Crippen molar-refractivity contribution in [3.8, 4) is 0 Å². The van der Waals surface area contributed by atoms with E-state index in [0.717, 1.165) is 23.8 Å². The van der Waals surface area contributed by atoms with Crippen LogP contribution in [0.25, 0.3) is 0 Å². The van der Waals surface area contributed by atoms with Crippen LogP contribution in [0.15, 0.2) is 12.4 Å². The highest BCUT2D eigenvalue weighted by atomic mass is 32.2. The van der Waals surface area contributed by atoms with Gasteiger partial charge in [-0.2, -0.15) is 11.8 Å². The highest BCUT2D eigenvalue weighted by molar-refractivity contribution is 7.99. The van der Waals surface area contributed by atoms with Crippen LogP contribution in [-0.2, 0) is 23.0 Å². The maximum atomic E-state index is 11.1. The fourth-order valence-corrected chi connectivity index (χ4v) is 2.31. The van der Waals surface area contributed by atoms with Crippen LogP contribution < -0.4 is 0 Å². The van der Waals surface area contributed by atoms with Gasteiger partial charge in [0.05, 0.1) is 13.0 Å². The lowest BCUT2D eigenvalue weighted by Gasteiger charge is -2.08. The molecule has 16 heavy (non-hydrogen) atoms. The van der Waals surface area contributed by atoms with Crippen LogP contribution in [-0.4, -0.2) is 34.1 Å². The number of methoxy groups -OCH3 is 1. The molecular weight excluding hydrogens is 224 g/mol. The summed E-state index contributed by atoms with van der Waals surface area (Å²) in [6.45, 7) is 1.89. The fourth-order valence-electron chi connectivity index (χ4n) is 1.33. The molecule has 0 aliphatic heterocycles. The van der Waals surface area contributed by atoms with Crippen LogP contribution in [0, 0.1) is 5.92 Å². The molecule has 1 atom stereocenters. The number of rotatable bonds is 6. The SMILES string of the molecule is COC(=O)C(C)CSCCc1nccn1C. The van der Waals surface area contributed by atoms with E-state index in [1.54, 1.807) is 18.0 Å². The highest BCUT2D eigenvalue weighted by Crippen LogP contribution is 2.11. The summed E-state index contributed by atoms with van der Waals surface area (Å²) < 4.78 is 6.68. The van der Waals surface area contributed by atoms with Gasteiger partial charge in [0.15, 0.2) is 0 Å². The van der Waals surface area contributed by atoms with Crippen molar-refractivity contribution in [1.29, 1.82) is 0 Å². The van der Waals surface area contributed by atoms with Crippen LogP contribution in [0.2, 0.25) is 0 Å². The van der Waals surface area contributed by atoms with Crippen molar-refractivity contribution >= 4 is 17.7 Å². The highest BCUT2D eigenvalue weighted by Gasteiger charge is 2.12. The van der Waals surface area contributed by atoms with E-state index in [2.05, 4.69) is 9.72 Å². The standard InChI is InChI=1S/C11H18N2O2S/c1-9(11(14)15-3)8-16-7-4-10-12-5-6-13(10)2/h5-6,9H,4,7-8H2,1-3H3. The minimum atomic E-state index is -0.135. The third kappa shape index (κ3) is 3.89. The molecule has 1 aromatic rings. The van der Waals surface area contributed by atoms with E-state index in [1.807, 2.05) is 24.7 Å². The Bertz CT molecular complexity index is 338. The Morgan fingerprint density at radius 1 is 1.69 bits per heavy atom. The van der Waals surface area contributed by atoms with Gasteiger partial charge in [0.1, 0.15) is 5.82 Å². The second-order valence-electron chi connectivity index (χ2n) is 3.70. The molecule has 1 heterocycles. The quantitative estimate of drug-likeness (QED) is 0.560. The van der Waals surface area contributed by atoms with Crippen molar-refractivity contribution in [2.24, 2.45) is 13.0 Å². The first kappa shape index (κ1) is 13.1. The van der Waals surface area contributed by atoms with E-state index in [-0.39, 0.29) is 11.9 Å². The number of nitrogens with zero attached hydrogens (tertiary/aromatic N) is 2. The molecule has 0 spiro atoms. The van der Waals surface area contributed by atoms with Gasteiger partial charge in [0.2, 0.25) is 0 Å². The molecule has 1 rings (SSSR count). The molecule has 0 aromatic carbocycles. The molecule has 0 amide bonds. The van der Waals surface area contributed by atoms with Crippen LogP contribution >= 0.6 is 11.8 Å². The minimum Gasteiger partial charge on any atom is -0.469 e. The Labute approximate surface area is 100 Å². The molecule has 4 nitrogen and oxygen atoms in total. The summed E-state index contributed by atoms with van der Waals surface area (Å²) >= 11 is 1.76. The number of hydrogen-bond donors (Lipinski definition) is 0. The monoisotopic (exact) mass is 242 g/mol. The van der Waals surface area contributed by atoms with Crippen LogP contribution in [0.5, 0.6) is 0 Å². The van der Waals surface area contributed by atoms with Crippen LogP contribution in [0.4, 0.5) is 0 Å². The fraction of sp³-hybridized carbons (Fsp3) is 0.636. The molecule has 0 aliphatic rings. The van der Waals surface area contributed by atoms with E-state index in [1.165, 1.54) is 7.11 Å². The molecular formula is C11H18N2O2S. The normalized spacial score (nSPS) is 12.4. The Morgan fingerprint density at radius 2 is 2.44 bits per heavy atom. The van der Waals surface area contributed by atoms with E-state index in [9.17, 15) is 4.79 Å². The zero-order valence-electron chi connectivity index (χ0n) is 9.97. The molecule has 0 N–H and O–H groups in total. The molecule has 0 radical (unpaired) electrons. The molecule has 1 aromatic heterocycles. The van der Waals surface area contributed by atoms with Crippen molar-refractivity contribution in [1.82, 2.24) is 9.55 Å². The van der Waals surface area contributed by atoms with Crippen molar-refractivity contribution in [3.63, 3.8) is 0 Å². The third-order valence-corrected chi connectivity index (χ3v) is 3.59. The van der Waals surface area contributed by atoms with Crippen molar-refractivity contribution in [3.05, 3.63) is 18.2 Å². The van der Waals surface area contributed by atoms with E-state index in [0.29, 0.717) is 0 Å². The average molecular weight is 242 g/mol.